The van der Waals surface area contributed by atoms with E-state index in [-0.39, 0.29) is 24.8 Å². The minimum Gasteiger partial charge on any atom is -0.454 e. The van der Waals surface area contributed by atoms with Crippen molar-refractivity contribution in [1.29, 1.82) is 0 Å². The molecule has 4 rings (SSSR count). The van der Waals surface area contributed by atoms with Crippen LogP contribution in [0.4, 0.5) is 5.95 Å². The van der Waals surface area contributed by atoms with E-state index in [0.29, 0.717) is 17.1 Å². The van der Waals surface area contributed by atoms with Crippen LogP contribution in [0.1, 0.15) is 15.9 Å². The molecule has 136 valence electrons. The lowest BCUT2D eigenvalue weighted by Gasteiger charge is -2.08. The van der Waals surface area contributed by atoms with Crippen molar-refractivity contribution in [3.05, 3.63) is 74.8 Å². The molecule has 0 radical (unpaired) electrons. The average molecular weight is 367 g/mol. The number of nitrogens with zero attached hydrogens (tertiary/aromatic N) is 3. The normalized spacial score (nSPS) is 12.0. The second kappa shape index (κ2) is 6.75. The molecule has 0 bridgehead atoms. The van der Waals surface area contributed by atoms with Gasteiger partial charge in [-0.2, -0.15) is 0 Å². The largest absolute Gasteiger partial charge is 0.454 e. The third-order valence-electron chi connectivity index (χ3n) is 3.87. The highest BCUT2D eigenvalue weighted by Crippen LogP contribution is 2.32. The van der Waals surface area contributed by atoms with Crippen LogP contribution in [0, 0.1) is 0 Å². The number of amides is 1. The molecule has 0 atom stereocenters. The summed E-state index contributed by atoms with van der Waals surface area (Å²) in [5.41, 5.74) is -0.950. The van der Waals surface area contributed by atoms with Crippen molar-refractivity contribution in [2.24, 2.45) is 0 Å². The van der Waals surface area contributed by atoms with Gasteiger partial charge < -0.3 is 14.5 Å². The van der Waals surface area contributed by atoms with Crippen LogP contribution in [0.25, 0.3) is 0 Å². The van der Waals surface area contributed by atoms with Crippen molar-refractivity contribution >= 4 is 11.9 Å². The van der Waals surface area contributed by atoms with Gasteiger partial charge in [-0.3, -0.25) is 19.5 Å². The number of hydrogen-bond donors (Lipinski definition) is 2. The number of nitrogens with one attached hydrogen (secondary N) is 2. The Morgan fingerprint density at radius 3 is 2.78 bits per heavy atom. The highest BCUT2D eigenvalue weighted by atomic mass is 16.7. The van der Waals surface area contributed by atoms with Crippen molar-refractivity contribution in [2.75, 3.05) is 12.1 Å². The number of aromatic amines is 1. The number of ether oxygens (including phenoxy) is 2. The standard InChI is InChI=1S/C17H13N5O5/c23-14(21-16-18-4-1-5-19-16)11-7-20-17(25)22(15(11)24)8-10-2-3-12-13(6-10)27-9-26-12/h1-7H,8-9H2,(H,20,25)(H,18,19,21,23). The molecule has 1 aliphatic heterocycles. The van der Waals surface area contributed by atoms with Crippen LogP contribution >= 0.6 is 0 Å². The Morgan fingerprint density at radius 2 is 1.96 bits per heavy atom. The summed E-state index contributed by atoms with van der Waals surface area (Å²) in [5, 5.41) is 2.41. The number of fused-ring (bicyclic) bond motifs is 1. The van der Waals surface area contributed by atoms with E-state index in [1.54, 1.807) is 24.3 Å². The molecule has 10 nitrogen and oxygen atoms in total. The van der Waals surface area contributed by atoms with Crippen LogP contribution in [-0.4, -0.2) is 32.2 Å². The van der Waals surface area contributed by atoms with E-state index in [4.69, 9.17) is 9.47 Å². The number of aromatic nitrogens is 4. The quantitative estimate of drug-likeness (QED) is 0.681. The molecule has 0 saturated heterocycles. The smallest absolute Gasteiger partial charge is 0.328 e. The maximum Gasteiger partial charge on any atom is 0.328 e. The van der Waals surface area contributed by atoms with E-state index < -0.39 is 17.2 Å². The predicted octanol–water partition coefficient (Wildman–Crippen LogP) is 0.356. The Morgan fingerprint density at radius 1 is 1.19 bits per heavy atom. The Labute approximate surface area is 151 Å². The first-order valence-corrected chi connectivity index (χ1v) is 7.91. The minimum absolute atomic E-state index is 0.0340. The third-order valence-corrected chi connectivity index (χ3v) is 3.87. The van der Waals surface area contributed by atoms with Gasteiger partial charge in [-0.15, -0.1) is 0 Å². The summed E-state index contributed by atoms with van der Waals surface area (Å²) in [5.74, 6) is 0.459. The van der Waals surface area contributed by atoms with Gasteiger partial charge in [0.25, 0.3) is 11.5 Å². The number of H-pyrrole nitrogens is 1. The van der Waals surface area contributed by atoms with Gasteiger partial charge in [-0.1, -0.05) is 6.07 Å². The molecule has 0 spiro atoms. The zero-order valence-corrected chi connectivity index (χ0v) is 13.8. The molecule has 27 heavy (non-hydrogen) atoms. The molecular formula is C17H13N5O5. The lowest BCUT2D eigenvalue weighted by Crippen LogP contribution is -2.39. The van der Waals surface area contributed by atoms with E-state index in [1.807, 2.05) is 0 Å². The summed E-state index contributed by atoms with van der Waals surface area (Å²) >= 11 is 0. The van der Waals surface area contributed by atoms with E-state index in [1.165, 1.54) is 12.4 Å². The summed E-state index contributed by atoms with van der Waals surface area (Å²) in [6, 6.07) is 6.68. The van der Waals surface area contributed by atoms with Gasteiger partial charge in [0.1, 0.15) is 5.56 Å². The fraction of sp³-hybridized carbons (Fsp3) is 0.118. The Balaban J connectivity index is 1.64. The number of anilines is 1. The Kier molecular flexibility index (Phi) is 4.13. The maximum atomic E-state index is 12.6. The predicted molar refractivity (Wildman–Crippen MR) is 93.0 cm³/mol. The van der Waals surface area contributed by atoms with Gasteiger partial charge in [-0.25, -0.2) is 14.8 Å². The fourth-order valence-corrected chi connectivity index (χ4v) is 2.57. The summed E-state index contributed by atoms with van der Waals surface area (Å²) in [7, 11) is 0. The molecule has 0 aliphatic carbocycles. The second-order valence-electron chi connectivity index (χ2n) is 5.61. The number of carbonyl (C=O) groups is 1. The van der Waals surface area contributed by atoms with Gasteiger partial charge in [0.15, 0.2) is 11.5 Å². The van der Waals surface area contributed by atoms with Gasteiger partial charge >= 0.3 is 5.69 Å². The first kappa shape index (κ1) is 16.5. The summed E-state index contributed by atoms with van der Waals surface area (Å²) in [6.45, 7) is 0.0876. The number of benzene rings is 1. The molecule has 2 N–H and O–H groups in total. The molecule has 2 aromatic heterocycles. The molecule has 3 aromatic rings. The molecular weight excluding hydrogens is 354 g/mol. The zero-order valence-electron chi connectivity index (χ0n) is 13.8. The van der Waals surface area contributed by atoms with Crippen LogP contribution in [0.15, 0.2) is 52.4 Å². The zero-order chi connectivity index (χ0) is 18.8. The molecule has 3 heterocycles. The van der Waals surface area contributed by atoms with Crippen LogP contribution in [0.5, 0.6) is 11.5 Å². The van der Waals surface area contributed by atoms with Crippen molar-refractivity contribution in [1.82, 2.24) is 19.5 Å². The van der Waals surface area contributed by atoms with Crippen molar-refractivity contribution in [3.63, 3.8) is 0 Å². The molecule has 0 unspecified atom stereocenters. The summed E-state index contributed by atoms with van der Waals surface area (Å²) < 4.78 is 11.5. The SMILES string of the molecule is O=C(Nc1ncccn1)c1c[nH]c(=O)n(Cc2ccc3c(c2)OCO3)c1=O. The molecule has 1 aliphatic rings. The number of hydrogen-bond acceptors (Lipinski definition) is 7. The Bertz CT molecular complexity index is 1120. The van der Waals surface area contributed by atoms with Crippen LogP contribution in [-0.2, 0) is 6.54 Å². The third kappa shape index (κ3) is 3.27. The van der Waals surface area contributed by atoms with Crippen molar-refractivity contribution in [2.45, 2.75) is 6.54 Å². The van der Waals surface area contributed by atoms with E-state index in [0.717, 1.165) is 10.8 Å². The van der Waals surface area contributed by atoms with E-state index in [9.17, 15) is 14.4 Å². The topological polar surface area (TPSA) is 128 Å². The lowest BCUT2D eigenvalue weighted by atomic mass is 10.2. The van der Waals surface area contributed by atoms with Crippen molar-refractivity contribution < 1.29 is 14.3 Å². The van der Waals surface area contributed by atoms with Crippen LogP contribution in [0.3, 0.4) is 0 Å². The first-order chi connectivity index (χ1) is 13.1. The Hall–Kier alpha value is -3.95. The first-order valence-electron chi connectivity index (χ1n) is 7.91. The van der Waals surface area contributed by atoms with Gasteiger partial charge in [0, 0.05) is 18.6 Å². The molecule has 10 heteroatoms. The van der Waals surface area contributed by atoms with Crippen LogP contribution in [0.2, 0.25) is 0 Å². The second-order valence-corrected chi connectivity index (χ2v) is 5.61. The highest BCUT2D eigenvalue weighted by Gasteiger charge is 2.18. The number of carbonyl (C=O) groups excluding carboxylic acids is 1. The van der Waals surface area contributed by atoms with Gasteiger partial charge in [0.2, 0.25) is 12.7 Å². The minimum atomic E-state index is -0.732. The number of rotatable bonds is 4. The van der Waals surface area contributed by atoms with E-state index in [2.05, 4.69) is 20.3 Å². The average Bonchev–Trinajstić information content (AvgIpc) is 3.13. The monoisotopic (exact) mass is 367 g/mol. The molecule has 0 fully saturated rings. The maximum absolute atomic E-state index is 12.6. The molecule has 1 aromatic carbocycles. The molecule has 1 amide bonds. The van der Waals surface area contributed by atoms with Crippen LogP contribution < -0.4 is 26.0 Å². The lowest BCUT2D eigenvalue weighted by molar-refractivity contribution is 0.102. The van der Waals surface area contributed by atoms with Gasteiger partial charge in [0.05, 0.1) is 6.54 Å². The fourth-order valence-electron chi connectivity index (χ4n) is 2.57. The van der Waals surface area contributed by atoms with Gasteiger partial charge in [-0.05, 0) is 23.8 Å². The van der Waals surface area contributed by atoms with Crippen molar-refractivity contribution in [3.8, 4) is 11.5 Å². The molecule has 0 saturated carbocycles. The highest BCUT2D eigenvalue weighted by molar-refractivity contribution is 6.02. The van der Waals surface area contributed by atoms with E-state index >= 15 is 0 Å². The summed E-state index contributed by atoms with van der Waals surface area (Å²) in [6.07, 6.45) is 3.97. The summed E-state index contributed by atoms with van der Waals surface area (Å²) in [4.78, 5) is 47.2.